The third-order valence-electron chi connectivity index (χ3n) is 5.41. The zero-order chi connectivity index (χ0) is 19.0. The van der Waals surface area contributed by atoms with Crippen molar-refractivity contribution in [2.45, 2.75) is 59.3 Å². The van der Waals surface area contributed by atoms with Crippen molar-refractivity contribution >= 4 is 52.0 Å². The summed E-state index contributed by atoms with van der Waals surface area (Å²) in [4.78, 5) is -1.99. The number of rotatable bonds is 11. The van der Waals surface area contributed by atoms with Gasteiger partial charge in [0.25, 0.3) is 0 Å². The summed E-state index contributed by atoms with van der Waals surface area (Å²) in [6, 6.07) is 15.4. The molecule has 4 heteroatoms. The fourth-order valence-corrected chi connectivity index (χ4v) is 20.1. The van der Waals surface area contributed by atoms with Gasteiger partial charge in [-0.2, -0.15) is 0 Å². The van der Waals surface area contributed by atoms with Gasteiger partial charge in [-0.15, -0.1) is 0 Å². The Morgan fingerprint density at radius 2 is 1.31 bits per heavy atom. The molecule has 26 heavy (non-hydrogen) atoms. The van der Waals surface area contributed by atoms with Crippen molar-refractivity contribution in [2.75, 3.05) is 18.5 Å². The van der Waals surface area contributed by atoms with Gasteiger partial charge >= 0.3 is 0 Å². The standard InChI is InChI=1S/C22H34P2S2/c1-4-7-17-23(18-8-5-2,19-9-6-3)24(25,26)22-16-12-14-20-13-10-11-15-21(20)22/h10-16H,4-9,17-19H2,1-3H3. The predicted molar refractivity (Wildman–Crippen MR) is 131 cm³/mol. The first kappa shape index (κ1) is 22.4. The van der Waals surface area contributed by atoms with E-state index >= 15 is 0 Å². The average molecular weight is 425 g/mol. The van der Waals surface area contributed by atoms with Gasteiger partial charge in [0, 0.05) is 12.3 Å². The van der Waals surface area contributed by atoms with Crippen LogP contribution in [0.25, 0.3) is 10.8 Å². The Morgan fingerprint density at radius 1 is 0.808 bits per heavy atom. The van der Waals surface area contributed by atoms with E-state index in [9.17, 15) is 0 Å². The highest BCUT2D eigenvalue weighted by Crippen LogP contribution is 2.88. The molecule has 0 N–H and O–H groups in total. The van der Waals surface area contributed by atoms with Gasteiger partial charge in [-0.3, -0.25) is 0 Å². The molecule has 2 aromatic rings. The Hall–Kier alpha value is 0.130. The lowest BCUT2D eigenvalue weighted by atomic mass is 10.1. The van der Waals surface area contributed by atoms with Crippen molar-refractivity contribution in [3.05, 3.63) is 42.5 Å². The van der Waals surface area contributed by atoms with Crippen LogP contribution in [0.4, 0.5) is 0 Å². The van der Waals surface area contributed by atoms with E-state index in [4.69, 9.17) is 24.1 Å². The number of hydrogen-bond acceptors (Lipinski definition) is 2. The first-order valence-corrected chi connectivity index (χ1v) is 17.0. The van der Waals surface area contributed by atoms with Crippen molar-refractivity contribution in [1.82, 2.24) is 0 Å². The molecule has 0 saturated carbocycles. The SMILES string of the molecule is CCCC[P+](CCCC)(CCCC)P(=S)([S-])c1cccc2ccccc12. The number of unbranched alkanes of at least 4 members (excludes halogenated alkanes) is 3. The second-order valence-corrected chi connectivity index (χ2v) is 22.3. The van der Waals surface area contributed by atoms with E-state index < -0.39 is 11.9 Å². The summed E-state index contributed by atoms with van der Waals surface area (Å²) < 4.78 is 0. The van der Waals surface area contributed by atoms with E-state index in [1.807, 2.05) is 0 Å². The zero-order valence-electron chi connectivity index (χ0n) is 16.6. The second kappa shape index (κ2) is 10.6. The Labute approximate surface area is 171 Å². The van der Waals surface area contributed by atoms with Crippen LogP contribution in [-0.2, 0) is 24.1 Å². The summed E-state index contributed by atoms with van der Waals surface area (Å²) >= 11 is 13.0. The van der Waals surface area contributed by atoms with E-state index in [1.165, 1.54) is 73.1 Å². The van der Waals surface area contributed by atoms with Crippen molar-refractivity contribution in [1.29, 1.82) is 0 Å². The highest BCUT2D eigenvalue weighted by atomic mass is 33.1. The highest BCUT2D eigenvalue weighted by Gasteiger charge is 2.42. The van der Waals surface area contributed by atoms with E-state index in [0.29, 0.717) is 0 Å². The van der Waals surface area contributed by atoms with Gasteiger partial charge in [-0.1, -0.05) is 94.3 Å². The van der Waals surface area contributed by atoms with Crippen LogP contribution in [0.5, 0.6) is 0 Å². The van der Waals surface area contributed by atoms with Crippen LogP contribution in [0.2, 0.25) is 0 Å². The van der Waals surface area contributed by atoms with Crippen LogP contribution in [0.1, 0.15) is 59.3 Å². The van der Waals surface area contributed by atoms with Gasteiger partial charge in [0.2, 0.25) is 0 Å². The smallest absolute Gasteiger partial charge is 0.0608 e. The molecule has 0 bridgehead atoms. The molecular formula is C22H34P2S2. The predicted octanol–water partition coefficient (Wildman–Crippen LogP) is 7.74. The average Bonchev–Trinajstić information content (AvgIpc) is 2.67. The van der Waals surface area contributed by atoms with Gasteiger partial charge in [-0.25, -0.2) is 0 Å². The van der Waals surface area contributed by atoms with Crippen LogP contribution in [-0.4, -0.2) is 18.5 Å². The van der Waals surface area contributed by atoms with Crippen LogP contribution in [0.15, 0.2) is 42.5 Å². The third-order valence-corrected chi connectivity index (χ3v) is 24.2. The minimum Gasteiger partial charge on any atom is -0.702 e. The zero-order valence-corrected chi connectivity index (χ0v) is 20.0. The van der Waals surface area contributed by atoms with Crippen LogP contribution >= 0.6 is 11.9 Å². The quantitative estimate of drug-likeness (QED) is 0.267. The van der Waals surface area contributed by atoms with Gasteiger partial charge in [-0.05, 0) is 35.0 Å². The van der Waals surface area contributed by atoms with Gasteiger partial charge in [0.1, 0.15) is 0 Å². The van der Waals surface area contributed by atoms with Crippen molar-refractivity contribution in [3.8, 4) is 0 Å². The Balaban J connectivity index is 2.59. The first-order chi connectivity index (χ1) is 12.5. The lowest BCUT2D eigenvalue weighted by Crippen LogP contribution is -2.16. The molecule has 1 unspecified atom stereocenters. The molecule has 2 aromatic carbocycles. The molecule has 0 spiro atoms. The molecule has 0 nitrogen and oxygen atoms in total. The van der Waals surface area contributed by atoms with Crippen molar-refractivity contribution < 1.29 is 0 Å². The monoisotopic (exact) mass is 424 g/mol. The Morgan fingerprint density at radius 3 is 1.85 bits per heavy atom. The fraction of sp³-hybridized carbons (Fsp3) is 0.545. The lowest BCUT2D eigenvalue weighted by Gasteiger charge is -2.44. The summed E-state index contributed by atoms with van der Waals surface area (Å²) in [5.41, 5.74) is 0. The Bertz CT molecular complexity index is 715. The Kier molecular flexibility index (Phi) is 9.15. The molecule has 0 saturated heterocycles. The molecule has 0 aliphatic rings. The number of fused-ring (bicyclic) bond motifs is 1. The molecule has 0 aliphatic heterocycles. The first-order valence-electron chi connectivity index (χ1n) is 10.2. The van der Waals surface area contributed by atoms with E-state index in [-0.39, 0.29) is 0 Å². The molecule has 0 aromatic heterocycles. The molecule has 0 fully saturated rings. The maximum Gasteiger partial charge on any atom is 0.0608 e. The minimum atomic E-state index is -1.99. The van der Waals surface area contributed by atoms with Crippen LogP contribution in [0, 0.1) is 0 Å². The largest absolute Gasteiger partial charge is 0.702 e. The minimum absolute atomic E-state index is 1.25. The molecule has 0 heterocycles. The van der Waals surface area contributed by atoms with Gasteiger partial charge < -0.3 is 12.2 Å². The molecule has 0 aliphatic carbocycles. The fourth-order valence-electron chi connectivity index (χ4n) is 3.77. The van der Waals surface area contributed by atoms with Crippen LogP contribution < -0.4 is 5.30 Å². The van der Waals surface area contributed by atoms with Crippen molar-refractivity contribution in [3.63, 3.8) is 0 Å². The topological polar surface area (TPSA) is 0 Å². The number of hydrogen-bond donors (Lipinski definition) is 0. The second-order valence-electron chi connectivity index (χ2n) is 7.35. The number of benzene rings is 2. The van der Waals surface area contributed by atoms with Crippen LogP contribution in [0.3, 0.4) is 0 Å². The van der Waals surface area contributed by atoms with Gasteiger partial charge in [0.15, 0.2) is 0 Å². The molecule has 0 radical (unpaired) electrons. The summed E-state index contributed by atoms with van der Waals surface area (Å²) in [6.07, 6.45) is 11.6. The summed E-state index contributed by atoms with van der Waals surface area (Å²) in [6.45, 7) is 5.58. The third kappa shape index (κ3) is 4.94. The normalized spacial score (nSPS) is 14.5. The highest BCUT2D eigenvalue weighted by molar-refractivity contribution is 8.85. The molecule has 0 amide bonds. The summed E-state index contributed by atoms with van der Waals surface area (Å²) in [5.74, 6) is 0. The maximum absolute atomic E-state index is 6.49. The maximum atomic E-state index is 6.49. The van der Waals surface area contributed by atoms with Crippen molar-refractivity contribution in [2.24, 2.45) is 0 Å². The molecule has 1 atom stereocenters. The van der Waals surface area contributed by atoms with E-state index in [0.717, 1.165) is 0 Å². The van der Waals surface area contributed by atoms with E-state index in [1.54, 1.807) is 0 Å². The molecular weight excluding hydrogens is 390 g/mol. The lowest BCUT2D eigenvalue weighted by molar-refractivity contribution is 0.844. The summed E-state index contributed by atoms with van der Waals surface area (Å²) in [7, 11) is 0. The van der Waals surface area contributed by atoms with E-state index in [2.05, 4.69) is 63.2 Å². The molecule has 2 rings (SSSR count). The van der Waals surface area contributed by atoms with Gasteiger partial charge in [0.05, 0.1) is 18.5 Å². The molecule has 144 valence electrons. The summed E-state index contributed by atoms with van der Waals surface area (Å²) in [5, 5.41) is 3.96.